The minimum Gasteiger partial charge on any atom is -0.309 e. The van der Waals surface area contributed by atoms with Gasteiger partial charge in [0.1, 0.15) is 5.82 Å². The molecule has 1 N–H and O–H groups in total. The van der Waals surface area contributed by atoms with Gasteiger partial charge in [0, 0.05) is 24.2 Å². The zero-order valence-electron chi connectivity index (χ0n) is 13.9. The van der Waals surface area contributed by atoms with E-state index in [9.17, 15) is 4.39 Å². The maximum absolute atomic E-state index is 13.0. The van der Waals surface area contributed by atoms with Crippen molar-refractivity contribution in [1.29, 1.82) is 5.41 Å². The molecule has 1 aromatic carbocycles. The highest BCUT2D eigenvalue weighted by Gasteiger charge is 2.28. The summed E-state index contributed by atoms with van der Waals surface area (Å²) in [7, 11) is 0. The highest BCUT2D eigenvalue weighted by atomic mass is 19.1. The zero-order valence-corrected chi connectivity index (χ0v) is 13.9. The standard InChI is InChI=1S/C19H29FN2/c1-3-6-18(21)15(2)19-7-4-5-13-22(19)14-12-16-8-10-17(20)11-9-16/h8-11,15,19,21H,3-7,12-14H2,1-2H3. The lowest BCUT2D eigenvalue weighted by Crippen LogP contribution is -2.46. The molecule has 0 amide bonds. The van der Waals surface area contributed by atoms with E-state index >= 15 is 0 Å². The second-order valence-electron chi connectivity index (χ2n) is 6.54. The van der Waals surface area contributed by atoms with Crippen LogP contribution in [0.3, 0.4) is 0 Å². The molecule has 1 heterocycles. The third kappa shape index (κ3) is 4.64. The molecule has 0 aromatic heterocycles. The fraction of sp³-hybridized carbons (Fsp3) is 0.632. The molecule has 1 saturated heterocycles. The summed E-state index contributed by atoms with van der Waals surface area (Å²) in [4.78, 5) is 2.56. The van der Waals surface area contributed by atoms with Crippen molar-refractivity contribution in [3.63, 3.8) is 0 Å². The van der Waals surface area contributed by atoms with Gasteiger partial charge < -0.3 is 5.41 Å². The van der Waals surface area contributed by atoms with Crippen molar-refractivity contribution in [1.82, 2.24) is 4.90 Å². The maximum atomic E-state index is 13.0. The molecule has 1 aliphatic heterocycles. The van der Waals surface area contributed by atoms with Crippen LogP contribution in [0.15, 0.2) is 24.3 Å². The Bertz CT molecular complexity index is 469. The zero-order chi connectivity index (χ0) is 15.9. The predicted octanol–water partition coefficient (Wildman–Crippen LogP) is 4.68. The largest absolute Gasteiger partial charge is 0.309 e. The van der Waals surface area contributed by atoms with Gasteiger partial charge in [-0.15, -0.1) is 0 Å². The van der Waals surface area contributed by atoms with Gasteiger partial charge in [0.25, 0.3) is 0 Å². The summed E-state index contributed by atoms with van der Waals surface area (Å²) >= 11 is 0. The number of piperidine rings is 1. The van der Waals surface area contributed by atoms with Gasteiger partial charge in [0.05, 0.1) is 0 Å². The number of hydrogen-bond donors (Lipinski definition) is 1. The first-order valence-electron chi connectivity index (χ1n) is 8.67. The van der Waals surface area contributed by atoms with Crippen molar-refractivity contribution < 1.29 is 4.39 Å². The van der Waals surface area contributed by atoms with E-state index in [0.29, 0.717) is 12.0 Å². The van der Waals surface area contributed by atoms with Gasteiger partial charge >= 0.3 is 0 Å². The number of hydrogen-bond acceptors (Lipinski definition) is 2. The second kappa shape index (κ2) is 8.42. The Morgan fingerprint density at radius 3 is 2.73 bits per heavy atom. The summed E-state index contributed by atoms with van der Waals surface area (Å²) in [5.41, 5.74) is 2.10. The molecular formula is C19H29FN2. The number of nitrogens with zero attached hydrogens (tertiary/aromatic N) is 1. The normalized spacial score (nSPS) is 20.8. The SMILES string of the molecule is CCCC(=N)C(C)C1CCCCN1CCc1ccc(F)cc1. The predicted molar refractivity (Wildman–Crippen MR) is 91.1 cm³/mol. The molecule has 1 fully saturated rings. The molecule has 1 aliphatic rings. The van der Waals surface area contributed by atoms with E-state index in [4.69, 9.17) is 5.41 Å². The van der Waals surface area contributed by atoms with E-state index in [1.54, 1.807) is 12.1 Å². The summed E-state index contributed by atoms with van der Waals surface area (Å²) in [6.45, 7) is 6.52. The van der Waals surface area contributed by atoms with Crippen LogP contribution in [0, 0.1) is 17.1 Å². The molecule has 2 nitrogen and oxygen atoms in total. The third-order valence-corrected chi connectivity index (χ3v) is 4.91. The number of likely N-dealkylation sites (tertiary alicyclic amines) is 1. The molecule has 2 rings (SSSR count). The van der Waals surface area contributed by atoms with Crippen LogP contribution in [0.1, 0.15) is 51.5 Å². The highest BCUT2D eigenvalue weighted by Crippen LogP contribution is 2.25. The molecule has 22 heavy (non-hydrogen) atoms. The molecular weight excluding hydrogens is 275 g/mol. The van der Waals surface area contributed by atoms with Gasteiger partial charge in [0.2, 0.25) is 0 Å². The summed E-state index contributed by atoms with van der Waals surface area (Å²) in [6.07, 6.45) is 6.69. The molecule has 0 aliphatic carbocycles. The molecule has 0 saturated carbocycles. The van der Waals surface area contributed by atoms with Crippen LogP contribution in [-0.4, -0.2) is 29.7 Å². The van der Waals surface area contributed by atoms with Gasteiger partial charge in [-0.3, -0.25) is 4.90 Å². The monoisotopic (exact) mass is 304 g/mol. The smallest absolute Gasteiger partial charge is 0.123 e. The van der Waals surface area contributed by atoms with Crippen LogP contribution in [0.4, 0.5) is 4.39 Å². The lowest BCUT2D eigenvalue weighted by atomic mass is 9.86. The van der Waals surface area contributed by atoms with Crippen LogP contribution >= 0.6 is 0 Å². The van der Waals surface area contributed by atoms with Crippen molar-refractivity contribution in [2.24, 2.45) is 5.92 Å². The number of benzene rings is 1. The topological polar surface area (TPSA) is 27.1 Å². The molecule has 0 radical (unpaired) electrons. The molecule has 2 unspecified atom stereocenters. The Balaban J connectivity index is 1.94. The number of halogens is 1. The summed E-state index contributed by atoms with van der Waals surface area (Å²) < 4.78 is 13.0. The molecule has 2 atom stereocenters. The quantitative estimate of drug-likeness (QED) is 0.728. The van der Waals surface area contributed by atoms with Crippen molar-refractivity contribution in [3.05, 3.63) is 35.6 Å². The van der Waals surface area contributed by atoms with Crippen molar-refractivity contribution >= 4 is 5.71 Å². The summed E-state index contributed by atoms with van der Waals surface area (Å²) in [5.74, 6) is 0.190. The maximum Gasteiger partial charge on any atom is 0.123 e. The summed E-state index contributed by atoms with van der Waals surface area (Å²) in [5, 5.41) is 8.27. The second-order valence-corrected chi connectivity index (χ2v) is 6.54. The van der Waals surface area contributed by atoms with Crippen LogP contribution < -0.4 is 0 Å². The summed E-state index contributed by atoms with van der Waals surface area (Å²) in [6, 6.07) is 7.37. The Labute approximate surface area is 134 Å². The van der Waals surface area contributed by atoms with Gasteiger partial charge in [-0.2, -0.15) is 0 Å². The van der Waals surface area contributed by atoms with Crippen LogP contribution in [0.2, 0.25) is 0 Å². The first-order chi connectivity index (χ1) is 10.6. The average Bonchev–Trinajstić information content (AvgIpc) is 2.54. The fourth-order valence-corrected chi connectivity index (χ4v) is 3.51. The van der Waals surface area contributed by atoms with E-state index in [0.717, 1.165) is 38.1 Å². The first kappa shape index (κ1) is 17.1. The average molecular weight is 304 g/mol. The van der Waals surface area contributed by atoms with Gasteiger partial charge in [-0.1, -0.05) is 38.8 Å². The minimum absolute atomic E-state index is 0.166. The molecule has 1 aromatic rings. The fourth-order valence-electron chi connectivity index (χ4n) is 3.51. The first-order valence-corrected chi connectivity index (χ1v) is 8.67. The lowest BCUT2D eigenvalue weighted by molar-refractivity contribution is 0.127. The van der Waals surface area contributed by atoms with Crippen LogP contribution in [0.5, 0.6) is 0 Å². The third-order valence-electron chi connectivity index (χ3n) is 4.91. The van der Waals surface area contributed by atoms with E-state index in [-0.39, 0.29) is 5.82 Å². The van der Waals surface area contributed by atoms with Crippen LogP contribution in [0.25, 0.3) is 0 Å². The lowest BCUT2D eigenvalue weighted by Gasteiger charge is -2.39. The molecule has 0 bridgehead atoms. The van der Waals surface area contributed by atoms with E-state index in [1.807, 2.05) is 12.1 Å². The Hall–Kier alpha value is -1.22. The van der Waals surface area contributed by atoms with Crippen LogP contribution in [-0.2, 0) is 6.42 Å². The number of nitrogens with one attached hydrogen (secondary N) is 1. The van der Waals surface area contributed by atoms with Crippen molar-refractivity contribution in [2.45, 2.75) is 58.4 Å². The van der Waals surface area contributed by atoms with Crippen molar-refractivity contribution in [3.8, 4) is 0 Å². The minimum atomic E-state index is -0.166. The van der Waals surface area contributed by atoms with E-state index in [1.165, 1.54) is 24.8 Å². The van der Waals surface area contributed by atoms with Gasteiger partial charge in [-0.05, 0) is 49.9 Å². The van der Waals surface area contributed by atoms with Crippen molar-refractivity contribution in [2.75, 3.05) is 13.1 Å². The Morgan fingerprint density at radius 2 is 2.05 bits per heavy atom. The highest BCUT2D eigenvalue weighted by molar-refractivity contribution is 5.84. The molecule has 0 spiro atoms. The molecule has 3 heteroatoms. The Morgan fingerprint density at radius 1 is 1.32 bits per heavy atom. The molecule has 122 valence electrons. The Kier molecular flexibility index (Phi) is 6.56. The van der Waals surface area contributed by atoms with Gasteiger partial charge in [-0.25, -0.2) is 4.39 Å². The van der Waals surface area contributed by atoms with Gasteiger partial charge in [0.15, 0.2) is 0 Å². The number of rotatable bonds is 7. The van der Waals surface area contributed by atoms with E-state index in [2.05, 4.69) is 18.7 Å². The van der Waals surface area contributed by atoms with E-state index < -0.39 is 0 Å².